The quantitative estimate of drug-likeness (QED) is 0.461. The van der Waals surface area contributed by atoms with Crippen molar-refractivity contribution >= 4 is 35.0 Å². The van der Waals surface area contributed by atoms with E-state index in [1.807, 2.05) is 6.92 Å². The van der Waals surface area contributed by atoms with Crippen molar-refractivity contribution in [3.63, 3.8) is 0 Å². The number of hydrogen-bond acceptors (Lipinski definition) is 4. The van der Waals surface area contributed by atoms with Crippen LogP contribution in [0.5, 0.6) is 11.5 Å². The summed E-state index contributed by atoms with van der Waals surface area (Å²) in [5, 5.41) is 0.936. The minimum Gasteiger partial charge on any atom is -0.494 e. The fraction of sp³-hybridized carbons (Fsp3) is 0.300. The molecule has 2 aromatic rings. The molecule has 0 radical (unpaired) electrons. The number of amides is 2. The maximum atomic E-state index is 12.0. The molecule has 0 bridgehead atoms. The van der Waals surface area contributed by atoms with Gasteiger partial charge in [0.1, 0.15) is 11.5 Å². The summed E-state index contributed by atoms with van der Waals surface area (Å²) in [5.41, 5.74) is 5.18. The lowest BCUT2D eigenvalue weighted by atomic mass is 10.2. The van der Waals surface area contributed by atoms with E-state index in [2.05, 4.69) is 10.9 Å². The van der Waals surface area contributed by atoms with Crippen molar-refractivity contribution < 1.29 is 19.1 Å². The fourth-order valence-corrected chi connectivity index (χ4v) is 2.65. The molecule has 6 nitrogen and oxygen atoms in total. The Hall–Kier alpha value is -2.44. The lowest BCUT2D eigenvalue weighted by molar-refractivity contribution is -0.122. The highest BCUT2D eigenvalue weighted by atomic mass is 35.5. The smallest absolute Gasteiger partial charge is 0.269 e. The Morgan fingerprint density at radius 3 is 2.39 bits per heavy atom. The van der Waals surface area contributed by atoms with E-state index in [0.717, 1.165) is 6.42 Å². The summed E-state index contributed by atoms with van der Waals surface area (Å²) in [4.78, 5) is 23.9. The number of ether oxygens (including phenoxy) is 2. The van der Waals surface area contributed by atoms with Gasteiger partial charge >= 0.3 is 0 Å². The van der Waals surface area contributed by atoms with E-state index in [4.69, 9.17) is 32.7 Å². The van der Waals surface area contributed by atoms with E-state index < -0.39 is 5.91 Å². The highest BCUT2D eigenvalue weighted by Crippen LogP contribution is 2.27. The highest BCUT2D eigenvalue weighted by molar-refractivity contribution is 6.35. The summed E-state index contributed by atoms with van der Waals surface area (Å²) in [5.74, 6) is 0.482. The molecule has 2 aromatic carbocycles. The normalized spacial score (nSPS) is 10.2. The summed E-state index contributed by atoms with van der Waals surface area (Å²) in [6.45, 7) is 2.95. The number of carbonyl (C=O) groups is 2. The third-order valence-electron chi connectivity index (χ3n) is 3.60. The van der Waals surface area contributed by atoms with Crippen LogP contribution in [0.25, 0.3) is 0 Å². The van der Waals surface area contributed by atoms with Crippen molar-refractivity contribution in [3.05, 3.63) is 58.1 Å². The zero-order valence-corrected chi connectivity index (χ0v) is 17.0. The molecule has 2 amide bonds. The molecule has 0 spiro atoms. The first-order valence-corrected chi connectivity index (χ1v) is 9.65. The number of benzene rings is 2. The average Bonchev–Trinajstić information content (AvgIpc) is 2.69. The molecule has 0 aliphatic carbocycles. The number of rotatable bonds is 9. The Morgan fingerprint density at radius 1 is 0.964 bits per heavy atom. The fourth-order valence-electron chi connectivity index (χ4n) is 2.19. The van der Waals surface area contributed by atoms with E-state index in [0.29, 0.717) is 46.7 Å². The van der Waals surface area contributed by atoms with Gasteiger partial charge in [-0.15, -0.1) is 0 Å². The molecule has 0 fully saturated rings. The summed E-state index contributed by atoms with van der Waals surface area (Å²) in [6.07, 6.45) is 1.56. The van der Waals surface area contributed by atoms with Crippen LogP contribution >= 0.6 is 23.2 Å². The second-order valence-corrected chi connectivity index (χ2v) is 6.75. The van der Waals surface area contributed by atoms with Gasteiger partial charge in [-0.3, -0.25) is 20.4 Å². The zero-order chi connectivity index (χ0) is 20.4. The third kappa shape index (κ3) is 7.29. The molecular weight excluding hydrogens is 403 g/mol. The molecule has 0 aromatic heterocycles. The number of halogens is 2. The van der Waals surface area contributed by atoms with Gasteiger partial charge in [0.2, 0.25) is 5.91 Å². The lowest BCUT2D eigenvalue weighted by Gasteiger charge is -2.10. The van der Waals surface area contributed by atoms with Gasteiger partial charge in [-0.05, 0) is 55.3 Å². The van der Waals surface area contributed by atoms with Gasteiger partial charge in [-0.2, -0.15) is 0 Å². The molecular formula is C20H22Cl2N2O4. The number of hydrazine groups is 1. The van der Waals surface area contributed by atoms with Crippen molar-refractivity contribution in [1.29, 1.82) is 0 Å². The molecule has 2 rings (SSSR count). The van der Waals surface area contributed by atoms with Crippen LogP contribution in [-0.2, 0) is 4.79 Å². The predicted molar refractivity (Wildman–Crippen MR) is 109 cm³/mol. The van der Waals surface area contributed by atoms with Crippen molar-refractivity contribution in [1.82, 2.24) is 10.9 Å². The molecule has 0 atom stereocenters. The maximum Gasteiger partial charge on any atom is 0.269 e. The highest BCUT2D eigenvalue weighted by Gasteiger charge is 2.08. The lowest BCUT2D eigenvalue weighted by Crippen LogP contribution is -2.41. The van der Waals surface area contributed by atoms with Crippen molar-refractivity contribution in [3.8, 4) is 11.5 Å². The van der Waals surface area contributed by atoms with Crippen molar-refractivity contribution in [2.24, 2.45) is 0 Å². The van der Waals surface area contributed by atoms with Crippen LogP contribution in [0.3, 0.4) is 0 Å². The SMILES string of the molecule is CCCOc1ccc(C(=O)NNC(=O)CCCOc2ccc(Cl)cc2Cl)cc1. The minimum absolute atomic E-state index is 0.190. The summed E-state index contributed by atoms with van der Waals surface area (Å²) < 4.78 is 11.0. The van der Waals surface area contributed by atoms with Crippen LogP contribution < -0.4 is 20.3 Å². The zero-order valence-electron chi connectivity index (χ0n) is 15.5. The number of carbonyl (C=O) groups excluding carboxylic acids is 2. The largest absolute Gasteiger partial charge is 0.494 e. The van der Waals surface area contributed by atoms with Crippen LogP contribution in [0.15, 0.2) is 42.5 Å². The average molecular weight is 425 g/mol. The number of nitrogens with one attached hydrogen (secondary N) is 2. The molecule has 0 saturated heterocycles. The molecule has 150 valence electrons. The Labute approximate surface area is 174 Å². The Morgan fingerprint density at radius 2 is 1.71 bits per heavy atom. The first kappa shape index (κ1) is 21.9. The van der Waals surface area contributed by atoms with Crippen LogP contribution in [0.1, 0.15) is 36.5 Å². The Balaban J connectivity index is 1.66. The summed E-state index contributed by atoms with van der Waals surface area (Å²) in [6, 6.07) is 11.6. The van der Waals surface area contributed by atoms with Gasteiger partial charge < -0.3 is 9.47 Å². The molecule has 28 heavy (non-hydrogen) atoms. The summed E-state index contributed by atoms with van der Waals surface area (Å²) >= 11 is 11.8. The standard InChI is InChI=1S/C20H22Cl2N2O4/c1-2-11-27-16-8-5-14(6-9-16)20(26)24-23-19(25)4-3-12-28-18-10-7-15(21)13-17(18)22/h5-10,13H,2-4,11-12H2,1H3,(H,23,25)(H,24,26). The first-order chi connectivity index (χ1) is 13.5. The Kier molecular flexibility index (Phi) is 8.91. The van der Waals surface area contributed by atoms with Crippen LogP contribution in [0.2, 0.25) is 10.0 Å². The summed E-state index contributed by atoms with van der Waals surface area (Å²) in [7, 11) is 0. The van der Waals surface area contributed by atoms with E-state index >= 15 is 0 Å². The Bertz CT molecular complexity index is 797. The van der Waals surface area contributed by atoms with Crippen LogP contribution in [-0.4, -0.2) is 25.0 Å². The molecule has 0 unspecified atom stereocenters. The maximum absolute atomic E-state index is 12.0. The van der Waals surface area contributed by atoms with Gasteiger partial charge in [0.15, 0.2) is 0 Å². The monoisotopic (exact) mass is 424 g/mol. The topological polar surface area (TPSA) is 76.7 Å². The second kappa shape index (κ2) is 11.4. The van der Waals surface area contributed by atoms with Crippen LogP contribution in [0.4, 0.5) is 0 Å². The molecule has 0 aliphatic heterocycles. The van der Waals surface area contributed by atoms with Gasteiger partial charge in [-0.1, -0.05) is 30.1 Å². The van der Waals surface area contributed by atoms with E-state index in [1.54, 1.807) is 42.5 Å². The van der Waals surface area contributed by atoms with Crippen LogP contribution in [0, 0.1) is 0 Å². The van der Waals surface area contributed by atoms with Crippen molar-refractivity contribution in [2.75, 3.05) is 13.2 Å². The van der Waals surface area contributed by atoms with Gasteiger partial charge in [0.05, 0.1) is 18.2 Å². The minimum atomic E-state index is -0.403. The molecule has 8 heteroatoms. The predicted octanol–water partition coefficient (Wildman–Crippen LogP) is 4.40. The third-order valence-corrected chi connectivity index (χ3v) is 4.13. The van der Waals surface area contributed by atoms with Gasteiger partial charge in [0, 0.05) is 17.0 Å². The van der Waals surface area contributed by atoms with E-state index in [9.17, 15) is 9.59 Å². The number of hydrogen-bond donors (Lipinski definition) is 2. The van der Waals surface area contributed by atoms with Gasteiger partial charge in [-0.25, -0.2) is 0 Å². The molecule has 0 saturated carbocycles. The van der Waals surface area contributed by atoms with Gasteiger partial charge in [0.25, 0.3) is 5.91 Å². The van der Waals surface area contributed by atoms with E-state index in [1.165, 1.54) is 0 Å². The first-order valence-electron chi connectivity index (χ1n) is 8.89. The second-order valence-electron chi connectivity index (χ2n) is 5.90. The van der Waals surface area contributed by atoms with E-state index in [-0.39, 0.29) is 12.3 Å². The molecule has 0 heterocycles. The molecule has 0 aliphatic rings. The van der Waals surface area contributed by atoms with Crippen molar-refractivity contribution in [2.45, 2.75) is 26.2 Å². The molecule has 2 N–H and O–H groups in total.